The lowest BCUT2D eigenvalue weighted by Gasteiger charge is -2.25. The zero-order valence-electron chi connectivity index (χ0n) is 14.1. The predicted molar refractivity (Wildman–Crippen MR) is 88.9 cm³/mol. The molecular weight excluding hydrogens is 264 g/mol. The maximum absolute atomic E-state index is 8.96. The average molecular weight is 294 g/mol. The Hall–Kier alpha value is -1.36. The van der Waals surface area contributed by atoms with E-state index >= 15 is 0 Å². The van der Waals surface area contributed by atoms with Crippen molar-refractivity contribution in [1.82, 2.24) is 9.97 Å². The van der Waals surface area contributed by atoms with Gasteiger partial charge in [-0.3, -0.25) is 0 Å². The highest BCUT2D eigenvalue weighted by atomic mass is 16.2. The van der Waals surface area contributed by atoms with Crippen molar-refractivity contribution in [3.05, 3.63) is 11.4 Å². The van der Waals surface area contributed by atoms with Crippen molar-refractivity contribution < 1.29 is 5.11 Å². The first kappa shape index (κ1) is 17.7. The number of aromatic nitrogens is 2. The Kier molecular flexibility index (Phi) is 6.89. The van der Waals surface area contributed by atoms with Crippen LogP contribution in [0.3, 0.4) is 0 Å². The first-order valence-corrected chi connectivity index (χ1v) is 7.83. The molecule has 1 aromatic rings. The summed E-state index contributed by atoms with van der Waals surface area (Å²) < 4.78 is 0. The molecule has 5 nitrogen and oxygen atoms in total. The number of anilines is 2. The van der Waals surface area contributed by atoms with Crippen LogP contribution < -0.4 is 10.6 Å². The molecule has 3 N–H and O–H groups in total. The summed E-state index contributed by atoms with van der Waals surface area (Å²) in [6.07, 6.45) is 2.89. The molecule has 0 aliphatic heterocycles. The van der Waals surface area contributed by atoms with E-state index in [1.165, 1.54) is 0 Å². The fraction of sp³-hybridized carbons (Fsp3) is 0.750. The molecule has 0 aliphatic carbocycles. The van der Waals surface area contributed by atoms with E-state index in [4.69, 9.17) is 5.11 Å². The molecule has 21 heavy (non-hydrogen) atoms. The fourth-order valence-electron chi connectivity index (χ4n) is 2.19. The van der Waals surface area contributed by atoms with Crippen molar-refractivity contribution in [2.24, 2.45) is 5.41 Å². The monoisotopic (exact) mass is 294 g/mol. The van der Waals surface area contributed by atoms with Crippen molar-refractivity contribution >= 4 is 11.6 Å². The molecular formula is C16H30N4O. The first-order valence-electron chi connectivity index (χ1n) is 7.83. The largest absolute Gasteiger partial charge is 0.396 e. The molecule has 5 heteroatoms. The van der Waals surface area contributed by atoms with Crippen LogP contribution in [0, 0.1) is 19.3 Å². The SMILES string of the molecule is CCCNc1nc(C)nc(NCC(C)(C)CCCO)c1C. The van der Waals surface area contributed by atoms with Crippen molar-refractivity contribution in [1.29, 1.82) is 0 Å². The van der Waals surface area contributed by atoms with E-state index in [0.29, 0.717) is 0 Å². The van der Waals surface area contributed by atoms with Gasteiger partial charge >= 0.3 is 0 Å². The minimum atomic E-state index is 0.130. The van der Waals surface area contributed by atoms with Crippen LogP contribution in [-0.2, 0) is 0 Å². The van der Waals surface area contributed by atoms with Crippen molar-refractivity contribution in [3.8, 4) is 0 Å². The molecule has 0 fully saturated rings. The third-order valence-corrected chi connectivity index (χ3v) is 3.55. The molecule has 0 atom stereocenters. The standard InChI is InChI=1S/C16H30N4O/c1-6-9-17-14-12(2)15(20-13(3)19-14)18-11-16(4,5)8-7-10-21/h21H,6-11H2,1-5H3,(H2,17,18,19,20). The molecule has 1 aromatic heterocycles. The molecule has 1 heterocycles. The summed E-state index contributed by atoms with van der Waals surface area (Å²) in [5.41, 5.74) is 1.19. The maximum atomic E-state index is 8.96. The van der Waals surface area contributed by atoms with Crippen LogP contribution in [0.2, 0.25) is 0 Å². The zero-order chi connectivity index (χ0) is 15.9. The summed E-state index contributed by atoms with van der Waals surface area (Å²) in [6, 6.07) is 0. The summed E-state index contributed by atoms with van der Waals surface area (Å²) in [5, 5.41) is 15.8. The number of nitrogens with one attached hydrogen (secondary N) is 2. The lowest BCUT2D eigenvalue weighted by atomic mass is 9.88. The van der Waals surface area contributed by atoms with Gasteiger partial charge in [0.05, 0.1) is 0 Å². The third-order valence-electron chi connectivity index (χ3n) is 3.55. The van der Waals surface area contributed by atoms with Gasteiger partial charge in [-0.05, 0) is 38.5 Å². The second-order valence-corrected chi connectivity index (χ2v) is 6.36. The van der Waals surface area contributed by atoms with Gasteiger partial charge < -0.3 is 15.7 Å². The van der Waals surface area contributed by atoms with Crippen LogP contribution >= 0.6 is 0 Å². The Morgan fingerprint density at radius 2 is 1.71 bits per heavy atom. The van der Waals surface area contributed by atoms with Crippen LogP contribution in [0.15, 0.2) is 0 Å². The van der Waals surface area contributed by atoms with Crippen LogP contribution in [0.4, 0.5) is 11.6 Å². The highest BCUT2D eigenvalue weighted by molar-refractivity contribution is 5.57. The summed E-state index contributed by atoms with van der Waals surface area (Å²) >= 11 is 0. The molecule has 0 unspecified atom stereocenters. The molecule has 0 saturated carbocycles. The summed E-state index contributed by atoms with van der Waals surface area (Å²) in [7, 11) is 0. The Labute approximate surface area is 128 Å². The number of aliphatic hydroxyl groups excluding tert-OH is 1. The molecule has 0 amide bonds. The molecule has 120 valence electrons. The maximum Gasteiger partial charge on any atom is 0.134 e. The third kappa shape index (κ3) is 5.87. The minimum absolute atomic E-state index is 0.130. The van der Waals surface area contributed by atoms with E-state index < -0.39 is 0 Å². The highest BCUT2D eigenvalue weighted by Crippen LogP contribution is 2.25. The quantitative estimate of drug-likeness (QED) is 0.653. The van der Waals surface area contributed by atoms with Gasteiger partial charge in [0.25, 0.3) is 0 Å². The number of hydrogen-bond donors (Lipinski definition) is 3. The fourth-order valence-corrected chi connectivity index (χ4v) is 2.19. The molecule has 0 aromatic carbocycles. The number of rotatable bonds is 9. The van der Waals surface area contributed by atoms with E-state index in [9.17, 15) is 0 Å². The summed E-state index contributed by atoms with van der Waals surface area (Å²) in [4.78, 5) is 8.98. The topological polar surface area (TPSA) is 70.1 Å². The van der Waals surface area contributed by atoms with E-state index in [-0.39, 0.29) is 12.0 Å². The second-order valence-electron chi connectivity index (χ2n) is 6.36. The Bertz CT molecular complexity index is 446. The number of aryl methyl sites for hydroxylation is 1. The molecule has 1 rings (SSSR count). The van der Waals surface area contributed by atoms with Crippen LogP contribution in [0.1, 0.15) is 51.4 Å². The minimum Gasteiger partial charge on any atom is -0.396 e. The normalized spacial score (nSPS) is 11.5. The van der Waals surface area contributed by atoms with Gasteiger partial charge in [0, 0.05) is 25.3 Å². The van der Waals surface area contributed by atoms with Gasteiger partial charge in [-0.15, -0.1) is 0 Å². The Morgan fingerprint density at radius 1 is 1.10 bits per heavy atom. The molecule has 0 radical (unpaired) electrons. The predicted octanol–water partition coefficient (Wildman–Crippen LogP) is 3.13. The highest BCUT2D eigenvalue weighted by Gasteiger charge is 2.18. The van der Waals surface area contributed by atoms with Gasteiger partial charge in [0.15, 0.2) is 0 Å². The smallest absolute Gasteiger partial charge is 0.134 e. The zero-order valence-corrected chi connectivity index (χ0v) is 14.1. The summed E-state index contributed by atoms with van der Waals surface area (Å²) in [6.45, 7) is 12.5. The van der Waals surface area contributed by atoms with Gasteiger partial charge in [0.1, 0.15) is 17.5 Å². The van der Waals surface area contributed by atoms with Crippen molar-refractivity contribution in [3.63, 3.8) is 0 Å². The van der Waals surface area contributed by atoms with E-state index in [2.05, 4.69) is 41.4 Å². The molecule has 0 bridgehead atoms. The lowest BCUT2D eigenvalue weighted by Crippen LogP contribution is -2.24. The van der Waals surface area contributed by atoms with E-state index in [1.807, 2.05) is 13.8 Å². The molecule has 0 aliphatic rings. The number of aliphatic hydroxyl groups is 1. The lowest BCUT2D eigenvalue weighted by molar-refractivity contribution is 0.248. The Morgan fingerprint density at radius 3 is 2.29 bits per heavy atom. The first-order chi connectivity index (χ1) is 9.89. The van der Waals surface area contributed by atoms with Gasteiger partial charge in [-0.1, -0.05) is 20.8 Å². The van der Waals surface area contributed by atoms with E-state index in [1.54, 1.807) is 0 Å². The van der Waals surface area contributed by atoms with Crippen molar-refractivity contribution in [2.45, 2.75) is 53.9 Å². The Balaban J connectivity index is 2.76. The molecule has 0 saturated heterocycles. The average Bonchev–Trinajstić information content (AvgIpc) is 2.44. The van der Waals surface area contributed by atoms with Crippen LogP contribution in [-0.4, -0.2) is 34.8 Å². The molecule has 0 spiro atoms. The number of nitrogens with zero attached hydrogens (tertiary/aromatic N) is 2. The van der Waals surface area contributed by atoms with Crippen LogP contribution in [0.5, 0.6) is 0 Å². The second kappa shape index (κ2) is 8.17. The van der Waals surface area contributed by atoms with Gasteiger partial charge in [-0.25, -0.2) is 9.97 Å². The van der Waals surface area contributed by atoms with Crippen LogP contribution in [0.25, 0.3) is 0 Å². The summed E-state index contributed by atoms with van der Waals surface area (Å²) in [5.74, 6) is 2.59. The number of hydrogen-bond acceptors (Lipinski definition) is 5. The van der Waals surface area contributed by atoms with Crippen molar-refractivity contribution in [2.75, 3.05) is 30.3 Å². The van der Waals surface area contributed by atoms with Gasteiger partial charge in [-0.2, -0.15) is 0 Å². The van der Waals surface area contributed by atoms with Gasteiger partial charge in [0.2, 0.25) is 0 Å². The van der Waals surface area contributed by atoms with E-state index in [0.717, 1.165) is 55.4 Å².